The lowest BCUT2D eigenvalue weighted by Crippen LogP contribution is -2.17. The predicted octanol–water partition coefficient (Wildman–Crippen LogP) is 3.86. The molecule has 2 aliphatic carbocycles. The molecule has 0 heterocycles. The lowest BCUT2D eigenvalue weighted by molar-refractivity contribution is 0.543. The van der Waals surface area contributed by atoms with Crippen molar-refractivity contribution in [3.63, 3.8) is 0 Å². The molecule has 2 nitrogen and oxygen atoms in total. The quantitative estimate of drug-likeness (QED) is 0.625. The first-order chi connectivity index (χ1) is 8.18. The van der Waals surface area contributed by atoms with Gasteiger partial charge in [0.2, 0.25) is 0 Å². The lowest BCUT2D eigenvalue weighted by atomic mass is 9.96. The average Bonchev–Trinajstić information content (AvgIpc) is 2.32. The van der Waals surface area contributed by atoms with Crippen molar-refractivity contribution in [2.24, 2.45) is 5.92 Å². The average molecular weight is 270 g/mol. The molecule has 0 aromatic heterocycles. The molecule has 1 N–H and O–H groups in total. The van der Waals surface area contributed by atoms with Crippen LogP contribution in [-0.2, 0) is 11.1 Å². The van der Waals surface area contributed by atoms with Crippen LogP contribution in [0.5, 0.6) is 0 Å². The molecule has 0 aliphatic heterocycles. The molecule has 2 aliphatic rings. The van der Waals surface area contributed by atoms with Gasteiger partial charge in [0, 0.05) is 10.2 Å². The van der Waals surface area contributed by atoms with Crippen LogP contribution in [-0.4, -0.2) is 14.0 Å². The van der Waals surface area contributed by atoms with Crippen LogP contribution in [0.2, 0.25) is 0 Å². The SMILES string of the molecule is CC1CC=CCC1SC1=C(S(=O)O)C=CCC1. The Hall–Kier alpha value is -0.320. The van der Waals surface area contributed by atoms with Crippen LogP contribution in [0, 0.1) is 5.92 Å². The molecule has 3 atom stereocenters. The summed E-state index contributed by atoms with van der Waals surface area (Å²) in [6.45, 7) is 2.26. The van der Waals surface area contributed by atoms with Gasteiger partial charge in [0.05, 0.1) is 4.91 Å². The number of allylic oxidation sites excluding steroid dienone is 5. The number of hydrogen-bond donors (Lipinski definition) is 1. The Balaban J connectivity index is 2.13. The van der Waals surface area contributed by atoms with Crippen LogP contribution in [0.3, 0.4) is 0 Å². The minimum absolute atomic E-state index is 0.556. The Morgan fingerprint density at radius 2 is 2.12 bits per heavy atom. The number of rotatable bonds is 3. The third kappa shape index (κ3) is 3.33. The van der Waals surface area contributed by atoms with Gasteiger partial charge in [0.15, 0.2) is 11.1 Å². The van der Waals surface area contributed by atoms with E-state index in [9.17, 15) is 8.76 Å². The Labute approximate surface area is 110 Å². The molecule has 4 heteroatoms. The van der Waals surface area contributed by atoms with Crippen molar-refractivity contribution >= 4 is 22.8 Å². The van der Waals surface area contributed by atoms with Gasteiger partial charge in [-0.3, -0.25) is 0 Å². The van der Waals surface area contributed by atoms with E-state index in [0.717, 1.165) is 30.6 Å². The van der Waals surface area contributed by atoms with Crippen LogP contribution < -0.4 is 0 Å². The predicted molar refractivity (Wildman–Crippen MR) is 75.1 cm³/mol. The standard InChI is InChI=1S/C13H18O2S2/c1-10-6-2-3-7-11(10)16-12-8-4-5-9-13(12)17(14)15/h2-3,5,9-11H,4,6-8H2,1H3,(H,14,15). The van der Waals surface area contributed by atoms with Crippen molar-refractivity contribution in [1.82, 2.24) is 0 Å². The van der Waals surface area contributed by atoms with E-state index in [1.165, 1.54) is 0 Å². The second-order valence-corrected chi connectivity index (χ2v) is 6.83. The zero-order valence-corrected chi connectivity index (χ0v) is 11.6. The van der Waals surface area contributed by atoms with Gasteiger partial charge in [-0.1, -0.05) is 25.2 Å². The zero-order chi connectivity index (χ0) is 12.3. The molecule has 2 rings (SSSR count). The normalized spacial score (nSPS) is 30.7. The zero-order valence-electron chi connectivity index (χ0n) is 9.96. The van der Waals surface area contributed by atoms with E-state index in [0.29, 0.717) is 16.1 Å². The van der Waals surface area contributed by atoms with E-state index >= 15 is 0 Å². The second-order valence-electron chi connectivity index (χ2n) is 4.55. The summed E-state index contributed by atoms with van der Waals surface area (Å²) in [6.07, 6.45) is 12.4. The van der Waals surface area contributed by atoms with Crippen molar-refractivity contribution < 1.29 is 8.76 Å². The third-order valence-electron chi connectivity index (χ3n) is 3.24. The van der Waals surface area contributed by atoms with Crippen molar-refractivity contribution in [3.05, 3.63) is 34.1 Å². The smallest absolute Gasteiger partial charge is 0.187 e. The van der Waals surface area contributed by atoms with E-state index in [4.69, 9.17) is 0 Å². The molecule has 0 aromatic rings. The van der Waals surface area contributed by atoms with Gasteiger partial charge in [-0.2, -0.15) is 0 Å². The van der Waals surface area contributed by atoms with Gasteiger partial charge in [-0.15, -0.1) is 11.8 Å². The minimum Gasteiger partial charge on any atom is -0.302 e. The highest BCUT2D eigenvalue weighted by Crippen LogP contribution is 2.39. The fourth-order valence-electron chi connectivity index (χ4n) is 2.17. The minimum atomic E-state index is -1.84. The van der Waals surface area contributed by atoms with E-state index in [-0.39, 0.29) is 0 Å². The van der Waals surface area contributed by atoms with Gasteiger partial charge in [-0.25, -0.2) is 4.21 Å². The summed E-state index contributed by atoms with van der Waals surface area (Å²) >= 11 is -0.0336. The van der Waals surface area contributed by atoms with Crippen LogP contribution in [0.4, 0.5) is 0 Å². The Morgan fingerprint density at radius 3 is 2.82 bits per heavy atom. The van der Waals surface area contributed by atoms with E-state index in [1.54, 1.807) is 0 Å². The summed E-state index contributed by atoms with van der Waals surface area (Å²) in [5.74, 6) is 0.650. The maximum absolute atomic E-state index is 11.3. The van der Waals surface area contributed by atoms with Crippen LogP contribution in [0.1, 0.15) is 32.6 Å². The van der Waals surface area contributed by atoms with Gasteiger partial charge < -0.3 is 4.55 Å². The molecule has 0 aromatic carbocycles. The fourth-order valence-corrected chi connectivity index (χ4v) is 4.37. The lowest BCUT2D eigenvalue weighted by Gasteiger charge is -2.26. The monoisotopic (exact) mass is 270 g/mol. The summed E-state index contributed by atoms with van der Waals surface area (Å²) in [6, 6.07) is 0. The highest BCUT2D eigenvalue weighted by atomic mass is 32.2. The van der Waals surface area contributed by atoms with Crippen molar-refractivity contribution in [3.8, 4) is 0 Å². The second kappa shape index (κ2) is 6.03. The largest absolute Gasteiger partial charge is 0.302 e. The first kappa shape index (κ1) is 13.1. The maximum Gasteiger partial charge on any atom is 0.187 e. The van der Waals surface area contributed by atoms with Gasteiger partial charge in [-0.05, 0) is 37.7 Å². The van der Waals surface area contributed by atoms with Crippen molar-refractivity contribution in [2.75, 3.05) is 0 Å². The van der Waals surface area contributed by atoms with Crippen LogP contribution in [0.25, 0.3) is 0 Å². The van der Waals surface area contributed by atoms with Gasteiger partial charge in [0.25, 0.3) is 0 Å². The summed E-state index contributed by atoms with van der Waals surface area (Å²) in [4.78, 5) is 1.73. The van der Waals surface area contributed by atoms with Gasteiger partial charge >= 0.3 is 0 Å². The molecule has 0 amide bonds. The summed E-state index contributed by atoms with van der Waals surface area (Å²) in [5, 5.41) is 0.556. The molecule has 0 radical (unpaired) electrons. The molecule has 3 unspecified atom stereocenters. The first-order valence-electron chi connectivity index (χ1n) is 6.00. The van der Waals surface area contributed by atoms with E-state index < -0.39 is 11.1 Å². The van der Waals surface area contributed by atoms with Crippen molar-refractivity contribution in [1.29, 1.82) is 0 Å². The molecule has 0 spiro atoms. The van der Waals surface area contributed by atoms with Gasteiger partial charge in [0.1, 0.15) is 0 Å². The molecule has 94 valence electrons. The van der Waals surface area contributed by atoms with Crippen LogP contribution >= 0.6 is 11.8 Å². The summed E-state index contributed by atoms with van der Waals surface area (Å²) in [5.41, 5.74) is 0. The number of hydrogen-bond acceptors (Lipinski definition) is 2. The molecule has 0 bridgehead atoms. The Kier molecular flexibility index (Phi) is 4.65. The highest BCUT2D eigenvalue weighted by molar-refractivity contribution is 8.04. The number of thioether (sulfide) groups is 1. The molecule has 17 heavy (non-hydrogen) atoms. The van der Waals surface area contributed by atoms with E-state index in [2.05, 4.69) is 19.1 Å². The molecule has 0 fully saturated rings. The first-order valence-corrected chi connectivity index (χ1v) is 7.99. The summed E-state index contributed by atoms with van der Waals surface area (Å²) < 4.78 is 20.5. The fraction of sp³-hybridized carbons (Fsp3) is 0.538. The molecular formula is C13H18O2S2. The highest BCUT2D eigenvalue weighted by Gasteiger charge is 2.23. The molecule has 0 saturated heterocycles. The molecular weight excluding hydrogens is 252 g/mol. The summed E-state index contributed by atoms with van der Waals surface area (Å²) in [7, 11) is 0. The van der Waals surface area contributed by atoms with E-state index in [1.807, 2.05) is 23.9 Å². The van der Waals surface area contributed by atoms with Crippen LogP contribution in [0.15, 0.2) is 34.1 Å². The third-order valence-corrected chi connectivity index (χ3v) is 5.80. The Bertz CT molecular complexity index is 396. The molecule has 0 saturated carbocycles. The Morgan fingerprint density at radius 1 is 1.35 bits per heavy atom. The van der Waals surface area contributed by atoms with Crippen molar-refractivity contribution in [2.45, 2.75) is 37.9 Å². The maximum atomic E-state index is 11.3. The topological polar surface area (TPSA) is 37.3 Å².